The van der Waals surface area contributed by atoms with E-state index in [1.54, 1.807) is 0 Å². The lowest BCUT2D eigenvalue weighted by molar-refractivity contribution is -0.120. The van der Waals surface area contributed by atoms with Crippen molar-refractivity contribution in [1.29, 1.82) is 0 Å². The second kappa shape index (κ2) is 9.30. The number of amides is 1. The van der Waals surface area contributed by atoms with Crippen LogP contribution in [0.15, 0.2) is 0 Å². The minimum Gasteiger partial charge on any atom is -0.380 e. The fourth-order valence-electron chi connectivity index (χ4n) is 1.91. The van der Waals surface area contributed by atoms with Crippen LogP contribution < -0.4 is 5.32 Å². The van der Waals surface area contributed by atoms with Gasteiger partial charge in [-0.2, -0.15) is 0 Å². The summed E-state index contributed by atoms with van der Waals surface area (Å²) in [6.45, 7) is 9.44. The van der Waals surface area contributed by atoms with Crippen LogP contribution in [0.4, 0.5) is 0 Å². The second-order valence-corrected chi connectivity index (χ2v) is 4.70. The predicted molar refractivity (Wildman–Crippen MR) is 70.6 cm³/mol. The lowest BCUT2D eigenvalue weighted by Crippen LogP contribution is -2.48. The van der Waals surface area contributed by atoms with E-state index in [0.717, 1.165) is 45.9 Å². The van der Waals surface area contributed by atoms with Gasteiger partial charge in [0.2, 0.25) is 5.91 Å². The van der Waals surface area contributed by atoms with Gasteiger partial charge in [-0.05, 0) is 6.42 Å². The molecule has 0 aromatic heterocycles. The number of carbonyl (C=O) groups is 1. The molecule has 18 heavy (non-hydrogen) atoms. The fourth-order valence-corrected chi connectivity index (χ4v) is 1.91. The molecule has 5 nitrogen and oxygen atoms in total. The van der Waals surface area contributed by atoms with Gasteiger partial charge in [-0.3, -0.25) is 9.69 Å². The van der Waals surface area contributed by atoms with E-state index < -0.39 is 0 Å². The number of hydrogen-bond donors (Lipinski definition) is 1. The monoisotopic (exact) mass is 258 g/mol. The van der Waals surface area contributed by atoms with Crippen LogP contribution in [0.25, 0.3) is 0 Å². The second-order valence-electron chi connectivity index (χ2n) is 4.70. The first-order chi connectivity index (χ1) is 8.72. The summed E-state index contributed by atoms with van der Waals surface area (Å²) in [5.41, 5.74) is 0. The summed E-state index contributed by atoms with van der Waals surface area (Å²) in [6, 6.07) is 0. The number of rotatable bonds is 8. The number of nitrogens with zero attached hydrogens (tertiary/aromatic N) is 1. The van der Waals surface area contributed by atoms with Gasteiger partial charge in [0.25, 0.3) is 0 Å². The maximum atomic E-state index is 10.8. The first-order valence-corrected chi connectivity index (χ1v) is 6.88. The third-order valence-corrected chi connectivity index (χ3v) is 3.00. The van der Waals surface area contributed by atoms with Crippen LogP contribution in [0.5, 0.6) is 0 Å². The molecule has 1 fully saturated rings. The Kier molecular flexibility index (Phi) is 7.96. The molecular weight excluding hydrogens is 232 g/mol. The first kappa shape index (κ1) is 15.4. The zero-order chi connectivity index (χ0) is 13.2. The Bertz CT molecular complexity index is 236. The van der Waals surface area contributed by atoms with Crippen molar-refractivity contribution in [1.82, 2.24) is 10.2 Å². The first-order valence-electron chi connectivity index (χ1n) is 6.88. The molecule has 0 radical (unpaired) electrons. The van der Waals surface area contributed by atoms with Crippen molar-refractivity contribution in [3.05, 3.63) is 0 Å². The van der Waals surface area contributed by atoms with Gasteiger partial charge in [0.15, 0.2) is 0 Å². The molecule has 0 bridgehead atoms. The molecule has 1 aliphatic rings. The summed E-state index contributed by atoms with van der Waals surface area (Å²) < 4.78 is 11.2. The van der Waals surface area contributed by atoms with E-state index in [-0.39, 0.29) is 12.0 Å². The van der Waals surface area contributed by atoms with Crippen molar-refractivity contribution >= 4 is 5.91 Å². The van der Waals surface area contributed by atoms with Crippen LogP contribution >= 0.6 is 0 Å². The van der Waals surface area contributed by atoms with Crippen molar-refractivity contribution in [2.24, 2.45) is 0 Å². The molecule has 1 amide bonds. The highest BCUT2D eigenvalue weighted by Crippen LogP contribution is 2.04. The van der Waals surface area contributed by atoms with Crippen molar-refractivity contribution in [3.63, 3.8) is 0 Å². The molecule has 0 unspecified atom stereocenters. The zero-order valence-electron chi connectivity index (χ0n) is 11.6. The van der Waals surface area contributed by atoms with Gasteiger partial charge in [-0.15, -0.1) is 0 Å². The van der Waals surface area contributed by atoms with Crippen LogP contribution in [0.2, 0.25) is 0 Å². The van der Waals surface area contributed by atoms with Crippen molar-refractivity contribution in [2.45, 2.75) is 32.8 Å². The van der Waals surface area contributed by atoms with Crippen molar-refractivity contribution in [3.8, 4) is 0 Å². The largest absolute Gasteiger partial charge is 0.380 e. The Morgan fingerprint density at radius 1 is 1.50 bits per heavy atom. The van der Waals surface area contributed by atoms with Crippen LogP contribution in [-0.2, 0) is 14.3 Å². The van der Waals surface area contributed by atoms with Gasteiger partial charge < -0.3 is 14.8 Å². The molecule has 0 aliphatic carbocycles. The van der Waals surface area contributed by atoms with Gasteiger partial charge in [-0.25, -0.2) is 0 Å². The summed E-state index contributed by atoms with van der Waals surface area (Å²) >= 11 is 0. The molecule has 5 heteroatoms. The molecule has 0 aromatic rings. The van der Waals surface area contributed by atoms with Crippen LogP contribution in [0.1, 0.15) is 26.7 Å². The highest BCUT2D eigenvalue weighted by molar-refractivity contribution is 5.72. The summed E-state index contributed by atoms with van der Waals surface area (Å²) in [7, 11) is 0. The molecule has 1 rings (SSSR count). The lowest BCUT2D eigenvalue weighted by atomic mass is 10.2. The molecule has 1 heterocycles. The van der Waals surface area contributed by atoms with E-state index in [1.165, 1.54) is 13.3 Å². The molecular formula is C13H26N2O3. The Balaban J connectivity index is 2.08. The number of morpholine rings is 1. The van der Waals surface area contributed by atoms with E-state index in [2.05, 4.69) is 17.1 Å². The van der Waals surface area contributed by atoms with Gasteiger partial charge >= 0.3 is 0 Å². The fraction of sp³-hybridized carbons (Fsp3) is 0.923. The lowest BCUT2D eigenvalue weighted by Gasteiger charge is -2.32. The summed E-state index contributed by atoms with van der Waals surface area (Å²) in [6.07, 6.45) is 2.42. The maximum Gasteiger partial charge on any atom is 0.216 e. The van der Waals surface area contributed by atoms with Gasteiger partial charge in [-0.1, -0.05) is 13.3 Å². The predicted octanol–water partition coefficient (Wildman–Crippen LogP) is 0.640. The van der Waals surface area contributed by atoms with Gasteiger partial charge in [0.1, 0.15) is 0 Å². The van der Waals surface area contributed by atoms with E-state index in [4.69, 9.17) is 9.47 Å². The number of unbranched alkanes of at least 4 members (excludes halogenated alkanes) is 1. The van der Waals surface area contributed by atoms with E-state index in [0.29, 0.717) is 6.54 Å². The maximum absolute atomic E-state index is 10.8. The van der Waals surface area contributed by atoms with Gasteiger partial charge in [0.05, 0.1) is 19.3 Å². The number of carbonyl (C=O) groups excluding carboxylic acids is 1. The van der Waals surface area contributed by atoms with Crippen LogP contribution in [0, 0.1) is 0 Å². The minimum absolute atomic E-state index is 0.00128. The van der Waals surface area contributed by atoms with Crippen molar-refractivity contribution < 1.29 is 14.3 Å². The molecule has 1 atom stereocenters. The Hall–Kier alpha value is -0.650. The SMILES string of the molecule is CCCCOCCN1CCO[C@H](CNC(C)=O)C1. The summed E-state index contributed by atoms with van der Waals surface area (Å²) in [5, 5.41) is 2.80. The molecule has 1 saturated heterocycles. The topological polar surface area (TPSA) is 50.8 Å². The van der Waals surface area contributed by atoms with Crippen molar-refractivity contribution in [2.75, 3.05) is 46.0 Å². The highest BCUT2D eigenvalue weighted by Gasteiger charge is 2.20. The van der Waals surface area contributed by atoms with Crippen LogP contribution in [0.3, 0.4) is 0 Å². The summed E-state index contributed by atoms with van der Waals surface area (Å²) in [5.74, 6) is -0.00128. The standard InChI is InChI=1S/C13H26N2O3/c1-3-4-7-17-8-5-15-6-9-18-13(11-15)10-14-12(2)16/h13H,3-11H2,1-2H3,(H,14,16)/t13-/m1/s1. The molecule has 1 N–H and O–H groups in total. The Labute approximate surface area is 110 Å². The molecule has 1 aliphatic heterocycles. The number of nitrogens with one attached hydrogen (secondary N) is 1. The van der Waals surface area contributed by atoms with E-state index in [1.807, 2.05) is 0 Å². The quantitative estimate of drug-likeness (QED) is 0.649. The normalized spacial score (nSPS) is 20.9. The average molecular weight is 258 g/mol. The molecule has 0 spiro atoms. The number of hydrogen-bond acceptors (Lipinski definition) is 4. The number of ether oxygens (including phenoxy) is 2. The zero-order valence-corrected chi connectivity index (χ0v) is 11.6. The van der Waals surface area contributed by atoms with E-state index >= 15 is 0 Å². The Morgan fingerprint density at radius 3 is 3.06 bits per heavy atom. The Morgan fingerprint density at radius 2 is 2.33 bits per heavy atom. The van der Waals surface area contributed by atoms with Crippen LogP contribution in [-0.4, -0.2) is 62.9 Å². The highest BCUT2D eigenvalue weighted by atomic mass is 16.5. The average Bonchev–Trinajstić information content (AvgIpc) is 2.37. The smallest absolute Gasteiger partial charge is 0.216 e. The third-order valence-electron chi connectivity index (χ3n) is 3.00. The molecule has 0 saturated carbocycles. The van der Waals surface area contributed by atoms with E-state index in [9.17, 15) is 4.79 Å². The molecule has 0 aromatic carbocycles. The summed E-state index contributed by atoms with van der Waals surface area (Å²) in [4.78, 5) is 13.2. The molecule has 106 valence electrons. The minimum atomic E-state index is -0.00128. The third kappa shape index (κ3) is 6.93. The van der Waals surface area contributed by atoms with Gasteiger partial charge in [0, 0.05) is 39.7 Å².